The van der Waals surface area contributed by atoms with E-state index in [0.29, 0.717) is 0 Å². The van der Waals surface area contributed by atoms with Gasteiger partial charge < -0.3 is 9.79 Å². The maximum atomic E-state index is 10.6. The lowest BCUT2D eigenvalue weighted by Gasteiger charge is -1.96. The quantitative estimate of drug-likeness (QED) is 0.627. The van der Waals surface area contributed by atoms with Crippen molar-refractivity contribution in [2.24, 2.45) is 0 Å². The van der Waals surface area contributed by atoms with Crippen LogP contribution in [0.4, 0.5) is 0 Å². The Morgan fingerprint density at radius 1 is 1.60 bits per heavy atom. The van der Waals surface area contributed by atoms with Crippen LogP contribution in [0.1, 0.15) is 5.56 Å². The smallest absolute Gasteiger partial charge is 0.320 e. The molecule has 1 aromatic heterocycles. The van der Waals surface area contributed by atoms with Crippen LogP contribution in [0.5, 0.6) is 0 Å². The van der Waals surface area contributed by atoms with Crippen molar-refractivity contribution in [1.29, 1.82) is 0 Å². The summed E-state index contributed by atoms with van der Waals surface area (Å²) in [6, 6.07) is 1.51. The standard InChI is InChI=1S/C5H7O3PS/c1-4-2-5(10-3-4)9(6,7)8/h2-3H,1H3,(H2,6,7,8). The molecule has 0 aliphatic heterocycles. The summed E-state index contributed by atoms with van der Waals surface area (Å²) in [5.74, 6) is 0. The molecule has 0 radical (unpaired) electrons. The Hall–Kier alpha value is -0.150. The summed E-state index contributed by atoms with van der Waals surface area (Å²) in [5.41, 5.74) is 0.892. The number of thiophene rings is 1. The Balaban J connectivity index is 3.08. The molecule has 10 heavy (non-hydrogen) atoms. The van der Waals surface area contributed by atoms with E-state index in [4.69, 9.17) is 9.79 Å². The molecule has 0 aromatic carbocycles. The van der Waals surface area contributed by atoms with Gasteiger partial charge in [-0.05, 0) is 23.9 Å². The Bertz CT molecular complexity index is 274. The topological polar surface area (TPSA) is 57.5 Å². The highest BCUT2D eigenvalue weighted by Crippen LogP contribution is 2.35. The Morgan fingerprint density at radius 3 is 2.40 bits per heavy atom. The SMILES string of the molecule is Cc1csc(P(=O)(O)O)c1. The summed E-state index contributed by atoms with van der Waals surface area (Å²) in [6.45, 7) is 1.80. The minimum Gasteiger partial charge on any atom is -0.320 e. The second-order valence-electron chi connectivity index (χ2n) is 2.01. The zero-order valence-corrected chi connectivity index (χ0v) is 7.02. The van der Waals surface area contributed by atoms with Crippen molar-refractivity contribution in [3.63, 3.8) is 0 Å². The van der Waals surface area contributed by atoms with E-state index in [2.05, 4.69) is 0 Å². The van der Waals surface area contributed by atoms with E-state index < -0.39 is 7.60 Å². The first kappa shape index (κ1) is 7.95. The fourth-order valence-electron chi connectivity index (χ4n) is 0.569. The van der Waals surface area contributed by atoms with Gasteiger partial charge in [-0.1, -0.05) is 0 Å². The second-order valence-corrected chi connectivity index (χ2v) is 4.79. The maximum absolute atomic E-state index is 10.6. The Morgan fingerprint density at radius 2 is 2.20 bits per heavy atom. The molecule has 0 fully saturated rings. The van der Waals surface area contributed by atoms with Gasteiger partial charge in [-0.3, -0.25) is 4.57 Å². The predicted molar refractivity (Wildman–Crippen MR) is 40.7 cm³/mol. The van der Waals surface area contributed by atoms with E-state index in [1.165, 1.54) is 6.07 Å². The molecule has 0 aliphatic carbocycles. The van der Waals surface area contributed by atoms with E-state index in [-0.39, 0.29) is 4.62 Å². The fourth-order valence-corrected chi connectivity index (χ4v) is 2.28. The largest absolute Gasteiger partial charge is 0.366 e. The first-order chi connectivity index (χ1) is 4.50. The van der Waals surface area contributed by atoms with E-state index >= 15 is 0 Å². The third-order valence-corrected chi connectivity index (χ3v) is 3.59. The molecule has 5 heteroatoms. The maximum Gasteiger partial charge on any atom is 0.366 e. The third-order valence-electron chi connectivity index (χ3n) is 1.00. The van der Waals surface area contributed by atoms with Crippen molar-refractivity contribution in [1.82, 2.24) is 0 Å². The number of hydrogen-bond donors (Lipinski definition) is 2. The Kier molecular flexibility index (Phi) is 1.97. The van der Waals surface area contributed by atoms with Crippen LogP contribution in [0, 0.1) is 6.92 Å². The average Bonchev–Trinajstić information content (AvgIpc) is 2.11. The average molecular weight is 178 g/mol. The highest BCUT2D eigenvalue weighted by Gasteiger charge is 2.18. The van der Waals surface area contributed by atoms with Crippen molar-refractivity contribution in [3.05, 3.63) is 17.0 Å². The molecule has 0 bridgehead atoms. The van der Waals surface area contributed by atoms with Crippen LogP contribution in [-0.2, 0) is 4.57 Å². The Labute approximate surface area is 62.5 Å². The molecular formula is C5H7O3PS. The molecule has 56 valence electrons. The molecule has 1 heterocycles. The van der Waals surface area contributed by atoms with Gasteiger partial charge in [-0.2, -0.15) is 0 Å². The van der Waals surface area contributed by atoms with Crippen LogP contribution < -0.4 is 4.62 Å². The normalized spacial score (nSPS) is 11.9. The van der Waals surface area contributed by atoms with E-state index in [1.807, 2.05) is 0 Å². The molecule has 0 saturated carbocycles. The van der Waals surface area contributed by atoms with Crippen LogP contribution in [0.15, 0.2) is 11.4 Å². The summed E-state index contributed by atoms with van der Waals surface area (Å²) in [4.78, 5) is 17.2. The summed E-state index contributed by atoms with van der Waals surface area (Å²) >= 11 is 1.09. The molecule has 1 aromatic rings. The zero-order valence-electron chi connectivity index (χ0n) is 5.31. The van der Waals surface area contributed by atoms with Crippen LogP contribution >= 0.6 is 18.9 Å². The summed E-state index contributed by atoms with van der Waals surface area (Å²) in [6.07, 6.45) is 0. The van der Waals surface area contributed by atoms with Crippen molar-refractivity contribution in [3.8, 4) is 0 Å². The van der Waals surface area contributed by atoms with Crippen molar-refractivity contribution < 1.29 is 14.4 Å². The molecule has 0 spiro atoms. The van der Waals surface area contributed by atoms with Crippen LogP contribution in [0.2, 0.25) is 0 Å². The van der Waals surface area contributed by atoms with Gasteiger partial charge in [0.15, 0.2) is 0 Å². The molecule has 0 amide bonds. The van der Waals surface area contributed by atoms with Gasteiger partial charge in [0.1, 0.15) is 4.62 Å². The molecule has 0 unspecified atom stereocenters. The van der Waals surface area contributed by atoms with Crippen LogP contribution in [0.3, 0.4) is 0 Å². The van der Waals surface area contributed by atoms with Gasteiger partial charge >= 0.3 is 7.60 Å². The molecule has 1 rings (SSSR count). The lowest BCUT2D eigenvalue weighted by atomic mass is 10.4. The van der Waals surface area contributed by atoms with Gasteiger partial charge in [0.2, 0.25) is 0 Å². The fraction of sp³-hybridized carbons (Fsp3) is 0.200. The summed E-state index contributed by atoms with van der Waals surface area (Å²) < 4.78 is 10.7. The van der Waals surface area contributed by atoms with Gasteiger partial charge in [0.25, 0.3) is 0 Å². The summed E-state index contributed by atoms with van der Waals surface area (Å²) in [5, 5.41) is 1.72. The van der Waals surface area contributed by atoms with Gasteiger partial charge in [-0.25, -0.2) is 0 Å². The van der Waals surface area contributed by atoms with Crippen molar-refractivity contribution in [2.75, 3.05) is 0 Å². The number of hydrogen-bond acceptors (Lipinski definition) is 2. The van der Waals surface area contributed by atoms with Gasteiger partial charge in [0, 0.05) is 0 Å². The van der Waals surface area contributed by atoms with E-state index in [9.17, 15) is 4.57 Å². The third kappa shape index (κ3) is 1.67. The minimum atomic E-state index is -3.98. The molecule has 3 nitrogen and oxygen atoms in total. The predicted octanol–water partition coefficient (Wildman–Crippen LogP) is 0.860. The monoisotopic (exact) mass is 178 g/mol. The van der Waals surface area contributed by atoms with Crippen LogP contribution in [0.25, 0.3) is 0 Å². The van der Waals surface area contributed by atoms with Gasteiger partial charge in [-0.15, -0.1) is 11.3 Å². The lowest BCUT2D eigenvalue weighted by Crippen LogP contribution is -1.95. The molecular weight excluding hydrogens is 171 g/mol. The first-order valence-electron chi connectivity index (χ1n) is 2.61. The lowest BCUT2D eigenvalue weighted by molar-refractivity contribution is 0.388. The van der Waals surface area contributed by atoms with Crippen molar-refractivity contribution >= 4 is 23.6 Å². The number of rotatable bonds is 1. The first-order valence-corrected chi connectivity index (χ1v) is 5.10. The zero-order chi connectivity index (χ0) is 7.78. The second kappa shape index (κ2) is 2.47. The minimum absolute atomic E-state index is 0.144. The molecule has 0 saturated heterocycles. The highest BCUT2D eigenvalue weighted by atomic mass is 32.1. The molecule has 0 aliphatic rings. The summed E-state index contributed by atoms with van der Waals surface area (Å²) in [7, 11) is -3.98. The number of aryl methyl sites for hydroxylation is 1. The highest BCUT2D eigenvalue weighted by molar-refractivity contribution is 7.67. The van der Waals surface area contributed by atoms with Crippen molar-refractivity contribution in [2.45, 2.75) is 6.92 Å². The van der Waals surface area contributed by atoms with E-state index in [1.54, 1.807) is 12.3 Å². The molecule has 0 atom stereocenters. The van der Waals surface area contributed by atoms with Crippen LogP contribution in [-0.4, -0.2) is 9.79 Å². The van der Waals surface area contributed by atoms with E-state index in [0.717, 1.165) is 16.9 Å². The van der Waals surface area contributed by atoms with Gasteiger partial charge in [0.05, 0.1) is 0 Å². The molecule has 2 N–H and O–H groups in total.